The molecule has 0 saturated carbocycles. The van der Waals surface area contributed by atoms with Crippen LogP contribution in [0.5, 0.6) is 0 Å². The lowest BCUT2D eigenvalue weighted by Crippen LogP contribution is -2.42. The fourth-order valence-corrected chi connectivity index (χ4v) is 0.387. The Morgan fingerprint density at radius 1 is 1.27 bits per heavy atom. The van der Waals surface area contributed by atoms with E-state index in [-0.39, 0.29) is 0 Å². The maximum absolute atomic E-state index is 8.41. The zero-order chi connectivity index (χ0) is 9.49. The lowest BCUT2D eigenvalue weighted by Gasteiger charge is -2.21. The molecule has 0 aromatic rings. The van der Waals surface area contributed by atoms with Crippen LogP contribution in [0.15, 0.2) is 12.7 Å². The summed E-state index contributed by atoms with van der Waals surface area (Å²) in [5.74, 6) is 0. The second-order valence-electron chi connectivity index (χ2n) is 2.95. The van der Waals surface area contributed by atoms with Gasteiger partial charge in [0.15, 0.2) is 0 Å². The Morgan fingerprint density at radius 3 is 1.55 bits per heavy atom. The molecular weight excluding hydrogens is 170 g/mol. The summed E-state index contributed by atoms with van der Waals surface area (Å²) >= 11 is 0. The van der Waals surface area contributed by atoms with E-state index in [4.69, 9.17) is 14.0 Å². The van der Waals surface area contributed by atoms with E-state index in [1.807, 2.05) is 6.08 Å². The van der Waals surface area contributed by atoms with Gasteiger partial charge in [-0.1, -0.05) is 6.58 Å². The molecule has 0 radical (unpaired) electrons. The largest absolute Gasteiger partial charge is 0.357 e. The highest BCUT2D eigenvalue weighted by atomic mass is 35.6. The molecule has 5 heteroatoms. The molecule has 0 bridgehead atoms. The van der Waals surface area contributed by atoms with E-state index < -0.39 is 10.8 Å². The van der Waals surface area contributed by atoms with Gasteiger partial charge in [-0.25, -0.2) is 0 Å². The Balaban J connectivity index is 0. The van der Waals surface area contributed by atoms with Crippen molar-refractivity contribution in [1.82, 2.24) is 0 Å². The van der Waals surface area contributed by atoms with Gasteiger partial charge in [-0.2, -0.15) is 0 Å². The Labute approximate surface area is 70.4 Å². The molecule has 0 rings (SSSR count). The van der Waals surface area contributed by atoms with Crippen molar-refractivity contribution in [2.45, 2.75) is 0 Å². The number of rotatable bonds is 2. The molecule has 0 aromatic heterocycles. The average Bonchev–Trinajstić information content (AvgIpc) is 1.58. The Bertz CT molecular complexity index is 97.7. The van der Waals surface area contributed by atoms with Crippen molar-refractivity contribution >= 4 is 0 Å². The monoisotopic (exact) mass is 183 g/mol. The first kappa shape index (κ1) is 13.5. The molecule has 0 unspecified atom stereocenters. The second-order valence-corrected chi connectivity index (χ2v) is 3.33. The molecular formula is C6H14ClNO3. The Morgan fingerprint density at radius 2 is 1.55 bits per heavy atom. The Kier molecular flexibility index (Phi) is 8.04. The van der Waals surface area contributed by atoms with Crippen molar-refractivity contribution in [2.75, 3.05) is 27.7 Å². The van der Waals surface area contributed by atoms with E-state index in [9.17, 15) is 0 Å². The summed E-state index contributed by atoms with van der Waals surface area (Å²) in [5, 5.41) is 0. The van der Waals surface area contributed by atoms with Crippen LogP contribution in [0, 0.1) is 10.8 Å². The highest BCUT2D eigenvalue weighted by Gasteiger charge is 1.99. The number of hydrogen-bond donors (Lipinski definition) is 0. The van der Waals surface area contributed by atoms with E-state index in [2.05, 4.69) is 27.7 Å². The van der Waals surface area contributed by atoms with Gasteiger partial charge in [0, 0.05) is 0 Å². The van der Waals surface area contributed by atoms with Gasteiger partial charge in [-0.15, -0.1) is 0 Å². The molecule has 0 saturated heterocycles. The van der Waals surface area contributed by atoms with E-state index in [1.165, 1.54) is 0 Å². The number of likely N-dealkylation sites (N-methyl/N-ethyl adjacent to an activating group) is 1. The first-order chi connectivity index (χ1) is 4.79. The van der Waals surface area contributed by atoms with Crippen molar-refractivity contribution in [1.29, 1.82) is 0 Å². The predicted octanol–water partition coefficient (Wildman–Crippen LogP) is -2.69. The van der Waals surface area contributed by atoms with Crippen molar-refractivity contribution in [3.05, 3.63) is 12.7 Å². The summed E-state index contributed by atoms with van der Waals surface area (Å²) in [4.78, 5) is 0. The molecule has 0 aromatic carbocycles. The zero-order valence-corrected chi connectivity index (χ0v) is 7.80. The molecule has 0 aliphatic carbocycles. The minimum Gasteiger partial charge on any atom is -0.357 e. The summed E-state index contributed by atoms with van der Waals surface area (Å²) < 4.78 is 26.2. The van der Waals surface area contributed by atoms with Gasteiger partial charge in [-0.3, -0.25) is 0 Å². The first-order valence-electron chi connectivity index (χ1n) is 2.94. The van der Waals surface area contributed by atoms with E-state index >= 15 is 0 Å². The predicted molar refractivity (Wildman–Crippen MR) is 33.1 cm³/mol. The van der Waals surface area contributed by atoms with Crippen molar-refractivity contribution in [2.24, 2.45) is 0 Å². The minimum atomic E-state index is -2.85. The topological polar surface area (TPSA) is 69.2 Å². The maximum atomic E-state index is 8.41. The van der Waals surface area contributed by atoms with Crippen LogP contribution in [0.4, 0.5) is 0 Å². The average molecular weight is 184 g/mol. The number of nitrogens with zero attached hydrogens (tertiary/aromatic N) is 1. The van der Waals surface area contributed by atoms with Gasteiger partial charge in [-0.05, 0) is 6.08 Å². The molecule has 0 amide bonds. The van der Waals surface area contributed by atoms with Crippen LogP contribution in [0.2, 0.25) is 0 Å². The van der Waals surface area contributed by atoms with Crippen LogP contribution < -0.4 is 14.0 Å². The van der Waals surface area contributed by atoms with Gasteiger partial charge in [0.05, 0.1) is 38.5 Å². The third kappa shape index (κ3) is 40.8. The van der Waals surface area contributed by atoms with Gasteiger partial charge >= 0.3 is 0 Å². The molecule has 0 heterocycles. The van der Waals surface area contributed by atoms with Crippen LogP contribution in [-0.2, 0) is 0 Å². The molecule has 0 fully saturated rings. The molecule has 68 valence electrons. The van der Waals surface area contributed by atoms with Crippen LogP contribution in [0.3, 0.4) is 0 Å². The molecule has 11 heavy (non-hydrogen) atoms. The molecule has 0 aliphatic rings. The van der Waals surface area contributed by atoms with Crippen LogP contribution >= 0.6 is 0 Å². The van der Waals surface area contributed by atoms with Gasteiger partial charge in [0.25, 0.3) is 0 Å². The summed E-state index contributed by atoms with van der Waals surface area (Å²) in [7, 11) is 3.57. The quantitative estimate of drug-likeness (QED) is 0.346. The highest BCUT2D eigenvalue weighted by Crippen LogP contribution is 1.86. The fraction of sp³-hybridized carbons (Fsp3) is 0.667. The third-order valence-corrected chi connectivity index (χ3v) is 0.677. The molecule has 0 N–H and O–H groups in total. The Hall–Kier alpha value is -0.130. The summed E-state index contributed by atoms with van der Waals surface area (Å²) in [5.41, 5.74) is 0. The van der Waals surface area contributed by atoms with Crippen molar-refractivity contribution in [3.8, 4) is 0 Å². The molecule has 0 atom stereocenters. The lowest BCUT2D eigenvalue weighted by atomic mass is 10.5. The minimum absolute atomic E-state index is 0.976. The summed E-state index contributed by atoms with van der Waals surface area (Å²) in [6.45, 7) is 4.67. The number of halogens is 1. The van der Waals surface area contributed by atoms with Gasteiger partial charge in [0.1, 0.15) is 0 Å². The third-order valence-electron chi connectivity index (χ3n) is 0.677. The highest BCUT2D eigenvalue weighted by molar-refractivity contribution is 4.63. The smallest absolute Gasteiger partial charge is 0.0964 e. The SMILES string of the molecule is C=CC[N+](C)(C)C.[O-][Cl+2]([O-])[O-]. The van der Waals surface area contributed by atoms with Gasteiger partial charge < -0.3 is 18.5 Å². The van der Waals surface area contributed by atoms with E-state index in [0.717, 1.165) is 11.0 Å². The molecule has 0 aliphatic heterocycles. The maximum Gasteiger partial charge on any atom is 0.0964 e. The molecule has 0 spiro atoms. The number of hydrogen-bond acceptors (Lipinski definition) is 3. The summed E-state index contributed by atoms with van der Waals surface area (Å²) in [6, 6.07) is 0. The van der Waals surface area contributed by atoms with Crippen LogP contribution in [0.1, 0.15) is 0 Å². The molecule has 4 nitrogen and oxygen atoms in total. The van der Waals surface area contributed by atoms with Crippen molar-refractivity contribution < 1.29 is 29.2 Å². The second kappa shape index (κ2) is 6.57. The lowest BCUT2D eigenvalue weighted by molar-refractivity contribution is -1.73. The van der Waals surface area contributed by atoms with Crippen LogP contribution in [-0.4, -0.2) is 32.2 Å². The van der Waals surface area contributed by atoms with Crippen LogP contribution in [0.25, 0.3) is 0 Å². The number of quaternary nitrogens is 1. The standard InChI is InChI=1S/C6H14N.ClO3/c1-5-6-7(2,3)4;2-1(3)4/h5H,1,6H2,2-4H3;/q+1;-1. The van der Waals surface area contributed by atoms with E-state index in [1.54, 1.807) is 0 Å². The fourth-order valence-electron chi connectivity index (χ4n) is 0.387. The van der Waals surface area contributed by atoms with E-state index in [0.29, 0.717) is 0 Å². The summed E-state index contributed by atoms with van der Waals surface area (Å²) in [6.07, 6.45) is 1.93. The van der Waals surface area contributed by atoms with Crippen molar-refractivity contribution in [3.63, 3.8) is 0 Å². The normalized spacial score (nSPS) is 10.5. The van der Waals surface area contributed by atoms with Gasteiger partial charge in [0.2, 0.25) is 0 Å². The zero-order valence-electron chi connectivity index (χ0n) is 7.04. The first-order valence-corrected chi connectivity index (χ1v) is 3.86.